The summed E-state index contributed by atoms with van der Waals surface area (Å²) in [6.45, 7) is 7.78. The summed E-state index contributed by atoms with van der Waals surface area (Å²) in [5, 5.41) is 16.7. The summed E-state index contributed by atoms with van der Waals surface area (Å²) in [6, 6.07) is 14.4. The van der Waals surface area contributed by atoms with Gasteiger partial charge in [0.1, 0.15) is 5.75 Å². The van der Waals surface area contributed by atoms with Gasteiger partial charge in [0, 0.05) is 19.6 Å². The number of alkyl halides is 2. The summed E-state index contributed by atoms with van der Waals surface area (Å²) in [5.41, 5.74) is 2.97. The second-order valence-electron chi connectivity index (χ2n) is 7.32. The van der Waals surface area contributed by atoms with Crippen molar-refractivity contribution in [1.82, 2.24) is 15.5 Å². The van der Waals surface area contributed by atoms with Crippen molar-refractivity contribution in [1.29, 1.82) is 0 Å². The Morgan fingerprint density at radius 3 is 2.30 bits per heavy atom. The van der Waals surface area contributed by atoms with Crippen LogP contribution in [0.2, 0.25) is 0 Å². The predicted octanol–water partition coefficient (Wildman–Crippen LogP) is 4.54. The average Bonchev–Trinajstić information content (AvgIpc) is 2.79. The standard InChI is InChI=1S/C24H34F2N4O2.HI/c1-4-27-24(28-15-18-8-7-9-19(14-18)17-30(5-2)6-3)29-16-22(31)20-10-12-21(13-11-20)32-23(25)26;/h7-14,22-23,31H,4-6,15-17H2,1-3H3,(H2,27,28,29);1H. The zero-order valence-corrected chi connectivity index (χ0v) is 21.8. The molecule has 0 radical (unpaired) electrons. The Labute approximate surface area is 212 Å². The third kappa shape index (κ3) is 10.7. The topological polar surface area (TPSA) is 69.1 Å². The summed E-state index contributed by atoms with van der Waals surface area (Å²) in [5.74, 6) is 0.653. The summed E-state index contributed by atoms with van der Waals surface area (Å²) in [6.07, 6.45) is -0.822. The zero-order valence-electron chi connectivity index (χ0n) is 19.4. The zero-order chi connectivity index (χ0) is 23.3. The number of hydrogen-bond acceptors (Lipinski definition) is 4. The van der Waals surface area contributed by atoms with Gasteiger partial charge in [0.05, 0.1) is 12.6 Å². The van der Waals surface area contributed by atoms with E-state index in [1.807, 2.05) is 6.92 Å². The van der Waals surface area contributed by atoms with Crippen molar-refractivity contribution in [2.24, 2.45) is 4.99 Å². The molecule has 2 aromatic carbocycles. The highest BCUT2D eigenvalue weighted by Gasteiger charge is 2.10. The quantitative estimate of drug-likeness (QED) is 0.197. The number of rotatable bonds is 12. The number of nitrogens with zero attached hydrogens (tertiary/aromatic N) is 2. The van der Waals surface area contributed by atoms with E-state index in [2.05, 4.69) is 63.4 Å². The molecule has 0 aliphatic rings. The van der Waals surface area contributed by atoms with E-state index in [0.29, 0.717) is 24.6 Å². The van der Waals surface area contributed by atoms with Gasteiger partial charge in [0.2, 0.25) is 0 Å². The van der Waals surface area contributed by atoms with Gasteiger partial charge in [-0.15, -0.1) is 24.0 Å². The van der Waals surface area contributed by atoms with Gasteiger partial charge in [-0.25, -0.2) is 4.99 Å². The van der Waals surface area contributed by atoms with E-state index < -0.39 is 12.7 Å². The van der Waals surface area contributed by atoms with Crippen LogP contribution >= 0.6 is 24.0 Å². The molecule has 33 heavy (non-hydrogen) atoms. The van der Waals surface area contributed by atoms with Crippen molar-refractivity contribution >= 4 is 29.9 Å². The number of nitrogens with one attached hydrogen (secondary N) is 2. The number of aliphatic imine (C=N–C) groups is 1. The van der Waals surface area contributed by atoms with Crippen molar-refractivity contribution in [3.8, 4) is 5.75 Å². The van der Waals surface area contributed by atoms with E-state index in [4.69, 9.17) is 0 Å². The highest BCUT2D eigenvalue weighted by atomic mass is 127. The van der Waals surface area contributed by atoms with Gasteiger partial charge in [-0.1, -0.05) is 50.2 Å². The molecule has 0 saturated heterocycles. The van der Waals surface area contributed by atoms with Gasteiger partial charge >= 0.3 is 6.61 Å². The molecule has 6 nitrogen and oxygen atoms in total. The van der Waals surface area contributed by atoms with Gasteiger partial charge in [-0.05, 0) is 48.8 Å². The molecule has 0 aliphatic heterocycles. The lowest BCUT2D eigenvalue weighted by atomic mass is 10.1. The first-order valence-electron chi connectivity index (χ1n) is 11.0. The number of aliphatic hydroxyl groups is 1. The van der Waals surface area contributed by atoms with Crippen LogP contribution in [-0.4, -0.2) is 48.8 Å². The minimum Gasteiger partial charge on any atom is -0.435 e. The lowest BCUT2D eigenvalue weighted by Crippen LogP contribution is -2.39. The van der Waals surface area contributed by atoms with Crippen molar-refractivity contribution < 1.29 is 18.6 Å². The first-order valence-corrected chi connectivity index (χ1v) is 11.0. The minimum absolute atomic E-state index is 0. The van der Waals surface area contributed by atoms with Crippen LogP contribution in [-0.2, 0) is 13.1 Å². The van der Waals surface area contributed by atoms with Crippen molar-refractivity contribution in [2.75, 3.05) is 26.2 Å². The van der Waals surface area contributed by atoms with Crippen molar-refractivity contribution in [3.05, 3.63) is 65.2 Å². The highest BCUT2D eigenvalue weighted by molar-refractivity contribution is 14.0. The SMILES string of the molecule is CCNC(=NCc1cccc(CN(CC)CC)c1)NCC(O)c1ccc(OC(F)F)cc1.I. The summed E-state index contributed by atoms with van der Waals surface area (Å²) >= 11 is 0. The van der Waals surface area contributed by atoms with Gasteiger partial charge in [-0.3, -0.25) is 4.90 Å². The number of ether oxygens (including phenoxy) is 1. The molecule has 2 rings (SSSR count). The number of halogens is 3. The van der Waals surface area contributed by atoms with Gasteiger partial charge < -0.3 is 20.5 Å². The second-order valence-corrected chi connectivity index (χ2v) is 7.32. The Balaban J connectivity index is 0.00000544. The van der Waals surface area contributed by atoms with Gasteiger partial charge in [-0.2, -0.15) is 8.78 Å². The van der Waals surface area contributed by atoms with E-state index >= 15 is 0 Å². The van der Waals surface area contributed by atoms with E-state index in [9.17, 15) is 13.9 Å². The first kappa shape index (κ1) is 29.1. The fraction of sp³-hybridized carbons (Fsp3) is 0.458. The van der Waals surface area contributed by atoms with Gasteiger partial charge in [0.15, 0.2) is 5.96 Å². The van der Waals surface area contributed by atoms with E-state index in [-0.39, 0.29) is 36.3 Å². The largest absolute Gasteiger partial charge is 0.435 e. The summed E-state index contributed by atoms with van der Waals surface area (Å²) in [4.78, 5) is 6.99. The summed E-state index contributed by atoms with van der Waals surface area (Å²) < 4.78 is 28.9. The number of guanidine groups is 1. The maximum Gasteiger partial charge on any atom is 0.387 e. The highest BCUT2D eigenvalue weighted by Crippen LogP contribution is 2.19. The molecule has 0 fully saturated rings. The van der Waals surface area contributed by atoms with E-state index in [1.165, 1.54) is 17.7 Å². The van der Waals surface area contributed by atoms with Crippen LogP contribution in [0.25, 0.3) is 0 Å². The molecule has 0 amide bonds. The van der Waals surface area contributed by atoms with E-state index in [0.717, 1.165) is 25.2 Å². The fourth-order valence-electron chi connectivity index (χ4n) is 3.23. The second kappa shape index (κ2) is 15.8. The molecule has 0 spiro atoms. The van der Waals surface area contributed by atoms with Crippen LogP contribution < -0.4 is 15.4 Å². The van der Waals surface area contributed by atoms with Crippen LogP contribution in [0.4, 0.5) is 8.78 Å². The Morgan fingerprint density at radius 1 is 1.03 bits per heavy atom. The maximum atomic E-state index is 12.3. The Morgan fingerprint density at radius 2 is 1.70 bits per heavy atom. The minimum atomic E-state index is -2.87. The van der Waals surface area contributed by atoms with Crippen molar-refractivity contribution in [2.45, 2.75) is 46.6 Å². The smallest absolute Gasteiger partial charge is 0.387 e. The molecule has 2 aromatic rings. The molecule has 0 saturated carbocycles. The molecule has 0 bridgehead atoms. The molecular weight excluding hydrogens is 541 g/mol. The maximum absolute atomic E-state index is 12.3. The molecule has 1 atom stereocenters. The predicted molar refractivity (Wildman–Crippen MR) is 139 cm³/mol. The van der Waals surface area contributed by atoms with Crippen LogP contribution in [0.3, 0.4) is 0 Å². The van der Waals surface area contributed by atoms with Crippen LogP contribution in [0, 0.1) is 0 Å². The molecule has 9 heteroatoms. The lowest BCUT2D eigenvalue weighted by Gasteiger charge is -2.18. The molecule has 0 aromatic heterocycles. The van der Waals surface area contributed by atoms with E-state index in [1.54, 1.807) is 12.1 Å². The number of aliphatic hydroxyl groups excluding tert-OH is 1. The van der Waals surface area contributed by atoms with Crippen LogP contribution in [0.5, 0.6) is 5.75 Å². The Bertz CT molecular complexity index is 833. The molecule has 0 aliphatic carbocycles. The average molecular weight is 576 g/mol. The third-order valence-electron chi connectivity index (χ3n) is 5.01. The third-order valence-corrected chi connectivity index (χ3v) is 5.01. The number of hydrogen-bond donors (Lipinski definition) is 3. The fourth-order valence-corrected chi connectivity index (χ4v) is 3.23. The van der Waals surface area contributed by atoms with Crippen LogP contribution in [0.1, 0.15) is 43.6 Å². The monoisotopic (exact) mass is 576 g/mol. The molecular formula is C24H35F2IN4O2. The molecule has 1 unspecified atom stereocenters. The first-order chi connectivity index (χ1) is 15.4. The van der Waals surface area contributed by atoms with Crippen LogP contribution in [0.15, 0.2) is 53.5 Å². The molecule has 0 heterocycles. The number of benzene rings is 2. The Kier molecular flexibility index (Phi) is 13.9. The van der Waals surface area contributed by atoms with Crippen molar-refractivity contribution in [3.63, 3.8) is 0 Å². The van der Waals surface area contributed by atoms with Gasteiger partial charge in [0.25, 0.3) is 0 Å². The molecule has 3 N–H and O–H groups in total. The normalized spacial score (nSPS) is 12.4. The molecule has 184 valence electrons. The lowest BCUT2D eigenvalue weighted by molar-refractivity contribution is -0.0498. The Hall–Kier alpha value is -1.98. The summed E-state index contributed by atoms with van der Waals surface area (Å²) in [7, 11) is 0.